The predicted molar refractivity (Wildman–Crippen MR) is 58.9 cm³/mol. The van der Waals surface area contributed by atoms with Gasteiger partial charge in [0.05, 0.1) is 19.3 Å². The molecule has 2 rings (SSSR count). The second-order valence-electron chi connectivity index (χ2n) is 3.24. The van der Waals surface area contributed by atoms with Crippen LogP contribution in [0.3, 0.4) is 0 Å². The van der Waals surface area contributed by atoms with E-state index in [0.717, 1.165) is 5.56 Å². The molecule has 0 fully saturated rings. The van der Waals surface area contributed by atoms with Gasteiger partial charge in [-0.1, -0.05) is 0 Å². The second kappa shape index (κ2) is 4.67. The molecule has 0 bridgehead atoms. The van der Waals surface area contributed by atoms with E-state index in [4.69, 9.17) is 10.5 Å². The molecule has 0 aliphatic rings. The molecule has 0 radical (unpaired) electrons. The summed E-state index contributed by atoms with van der Waals surface area (Å²) in [4.78, 5) is 4.23. The SMILES string of the molecule is COc1cccnc1C(N)c1ccnnc1. The minimum Gasteiger partial charge on any atom is -0.495 e. The van der Waals surface area contributed by atoms with Gasteiger partial charge in [0.2, 0.25) is 0 Å². The van der Waals surface area contributed by atoms with Crippen LogP contribution in [-0.4, -0.2) is 22.3 Å². The largest absolute Gasteiger partial charge is 0.495 e. The Morgan fingerprint density at radius 2 is 2.12 bits per heavy atom. The van der Waals surface area contributed by atoms with Crippen LogP contribution in [-0.2, 0) is 0 Å². The molecule has 5 heteroatoms. The van der Waals surface area contributed by atoms with Gasteiger partial charge >= 0.3 is 0 Å². The normalized spacial score (nSPS) is 12.1. The van der Waals surface area contributed by atoms with Gasteiger partial charge in [0.25, 0.3) is 0 Å². The van der Waals surface area contributed by atoms with Crippen molar-refractivity contribution in [2.75, 3.05) is 7.11 Å². The highest BCUT2D eigenvalue weighted by molar-refractivity contribution is 5.34. The molecular formula is C11H12N4O. The highest BCUT2D eigenvalue weighted by Gasteiger charge is 2.15. The lowest BCUT2D eigenvalue weighted by Gasteiger charge is -2.13. The van der Waals surface area contributed by atoms with Gasteiger partial charge in [-0.25, -0.2) is 0 Å². The van der Waals surface area contributed by atoms with E-state index < -0.39 is 0 Å². The molecule has 0 saturated carbocycles. The van der Waals surface area contributed by atoms with Crippen molar-refractivity contribution in [1.29, 1.82) is 0 Å². The fraction of sp³-hybridized carbons (Fsp3) is 0.182. The first-order valence-corrected chi connectivity index (χ1v) is 4.84. The predicted octanol–water partition coefficient (Wildman–Crippen LogP) is 0.928. The van der Waals surface area contributed by atoms with Crippen molar-refractivity contribution in [2.45, 2.75) is 6.04 Å². The first kappa shape index (κ1) is 10.5. The molecule has 0 aliphatic carbocycles. The molecule has 2 N–H and O–H groups in total. The van der Waals surface area contributed by atoms with Crippen LogP contribution in [0.4, 0.5) is 0 Å². The van der Waals surface area contributed by atoms with Crippen molar-refractivity contribution < 1.29 is 4.74 Å². The Labute approximate surface area is 93.3 Å². The second-order valence-corrected chi connectivity index (χ2v) is 3.24. The molecule has 0 spiro atoms. The molecule has 2 heterocycles. The molecule has 0 aliphatic heterocycles. The number of nitrogens with two attached hydrogens (primary N) is 1. The van der Waals surface area contributed by atoms with Gasteiger partial charge in [-0.05, 0) is 23.8 Å². The summed E-state index contributed by atoms with van der Waals surface area (Å²) < 4.78 is 5.21. The number of ether oxygens (including phenoxy) is 1. The quantitative estimate of drug-likeness (QED) is 0.826. The van der Waals surface area contributed by atoms with E-state index in [9.17, 15) is 0 Å². The molecule has 16 heavy (non-hydrogen) atoms. The summed E-state index contributed by atoms with van der Waals surface area (Å²) in [6.07, 6.45) is 4.91. The smallest absolute Gasteiger partial charge is 0.142 e. The Kier molecular flexibility index (Phi) is 3.07. The third-order valence-electron chi connectivity index (χ3n) is 2.28. The van der Waals surface area contributed by atoms with Crippen LogP contribution in [0.2, 0.25) is 0 Å². The standard InChI is InChI=1S/C11H12N4O/c1-16-9-3-2-5-13-11(9)10(12)8-4-6-14-15-7-8/h2-7,10H,12H2,1H3. The van der Waals surface area contributed by atoms with E-state index in [1.165, 1.54) is 0 Å². The van der Waals surface area contributed by atoms with Crippen LogP contribution in [0.25, 0.3) is 0 Å². The van der Waals surface area contributed by atoms with Gasteiger partial charge < -0.3 is 10.5 Å². The number of nitrogens with zero attached hydrogens (tertiary/aromatic N) is 3. The number of aromatic nitrogens is 3. The van der Waals surface area contributed by atoms with E-state index in [1.54, 1.807) is 31.8 Å². The lowest BCUT2D eigenvalue weighted by Crippen LogP contribution is -2.15. The number of methoxy groups -OCH3 is 1. The number of hydrogen-bond donors (Lipinski definition) is 1. The van der Waals surface area contributed by atoms with Crippen molar-refractivity contribution in [3.63, 3.8) is 0 Å². The Hall–Kier alpha value is -2.01. The first-order chi connectivity index (χ1) is 7.83. The number of pyridine rings is 1. The maximum atomic E-state index is 6.08. The first-order valence-electron chi connectivity index (χ1n) is 4.84. The highest BCUT2D eigenvalue weighted by atomic mass is 16.5. The Morgan fingerprint density at radius 1 is 1.25 bits per heavy atom. The van der Waals surface area contributed by atoms with E-state index in [-0.39, 0.29) is 6.04 Å². The molecule has 0 saturated heterocycles. The lowest BCUT2D eigenvalue weighted by molar-refractivity contribution is 0.404. The minimum atomic E-state index is -0.355. The molecule has 2 aromatic heterocycles. The molecule has 5 nitrogen and oxygen atoms in total. The van der Waals surface area contributed by atoms with E-state index in [2.05, 4.69) is 15.2 Å². The van der Waals surface area contributed by atoms with Gasteiger partial charge in [-0.2, -0.15) is 10.2 Å². The summed E-state index contributed by atoms with van der Waals surface area (Å²) in [6, 6.07) is 5.09. The Balaban J connectivity index is 2.37. The Bertz CT molecular complexity index is 461. The summed E-state index contributed by atoms with van der Waals surface area (Å²) >= 11 is 0. The maximum Gasteiger partial charge on any atom is 0.142 e. The van der Waals surface area contributed by atoms with Crippen LogP contribution in [0, 0.1) is 0 Å². The molecule has 1 atom stereocenters. The summed E-state index contributed by atoms with van der Waals surface area (Å²) in [5.74, 6) is 0.673. The minimum absolute atomic E-state index is 0.355. The molecule has 1 unspecified atom stereocenters. The van der Waals surface area contributed by atoms with Crippen molar-refractivity contribution in [3.05, 3.63) is 48.0 Å². The van der Waals surface area contributed by atoms with Crippen LogP contribution in [0.1, 0.15) is 17.3 Å². The van der Waals surface area contributed by atoms with E-state index in [1.807, 2.05) is 12.1 Å². The van der Waals surface area contributed by atoms with Crippen molar-refractivity contribution >= 4 is 0 Å². The Morgan fingerprint density at radius 3 is 2.81 bits per heavy atom. The van der Waals surface area contributed by atoms with Crippen LogP contribution >= 0.6 is 0 Å². The molecule has 0 aromatic carbocycles. The summed E-state index contributed by atoms with van der Waals surface area (Å²) in [5, 5.41) is 7.49. The molecule has 0 amide bonds. The molecular weight excluding hydrogens is 204 g/mol. The summed E-state index contributed by atoms with van der Waals surface area (Å²) in [5.41, 5.74) is 7.63. The van der Waals surface area contributed by atoms with Crippen LogP contribution < -0.4 is 10.5 Å². The topological polar surface area (TPSA) is 73.9 Å². The van der Waals surface area contributed by atoms with Crippen molar-refractivity contribution in [2.24, 2.45) is 5.73 Å². The zero-order valence-electron chi connectivity index (χ0n) is 8.87. The lowest BCUT2D eigenvalue weighted by atomic mass is 10.1. The van der Waals surface area contributed by atoms with Gasteiger partial charge in [0.1, 0.15) is 11.4 Å². The van der Waals surface area contributed by atoms with Gasteiger partial charge in [-0.3, -0.25) is 4.98 Å². The average molecular weight is 216 g/mol. The fourth-order valence-electron chi connectivity index (χ4n) is 1.45. The van der Waals surface area contributed by atoms with E-state index >= 15 is 0 Å². The van der Waals surface area contributed by atoms with E-state index in [0.29, 0.717) is 11.4 Å². The van der Waals surface area contributed by atoms with Gasteiger partial charge in [0, 0.05) is 12.4 Å². The third-order valence-corrected chi connectivity index (χ3v) is 2.28. The monoisotopic (exact) mass is 216 g/mol. The van der Waals surface area contributed by atoms with Crippen molar-refractivity contribution in [3.8, 4) is 5.75 Å². The fourth-order valence-corrected chi connectivity index (χ4v) is 1.45. The zero-order valence-corrected chi connectivity index (χ0v) is 8.87. The molecule has 2 aromatic rings. The number of hydrogen-bond acceptors (Lipinski definition) is 5. The third kappa shape index (κ3) is 1.99. The summed E-state index contributed by atoms with van der Waals surface area (Å²) in [6.45, 7) is 0. The van der Waals surface area contributed by atoms with Gasteiger partial charge in [-0.15, -0.1) is 0 Å². The maximum absolute atomic E-state index is 6.08. The highest BCUT2D eigenvalue weighted by Crippen LogP contribution is 2.24. The summed E-state index contributed by atoms with van der Waals surface area (Å²) in [7, 11) is 1.60. The van der Waals surface area contributed by atoms with Crippen LogP contribution in [0.15, 0.2) is 36.8 Å². The number of rotatable bonds is 3. The average Bonchev–Trinajstić information content (AvgIpc) is 2.39. The van der Waals surface area contributed by atoms with Gasteiger partial charge in [0.15, 0.2) is 0 Å². The van der Waals surface area contributed by atoms with Crippen LogP contribution in [0.5, 0.6) is 5.75 Å². The van der Waals surface area contributed by atoms with Crippen molar-refractivity contribution in [1.82, 2.24) is 15.2 Å². The zero-order chi connectivity index (χ0) is 11.4. The molecule has 82 valence electrons.